The van der Waals surface area contributed by atoms with Crippen LogP contribution in [0.1, 0.15) is 44.4 Å². The topological polar surface area (TPSA) is 4.93 Å². The maximum Gasteiger partial charge on any atom is 0.0714 e. The first-order valence-electron chi connectivity index (χ1n) is 9.63. The fourth-order valence-electron chi connectivity index (χ4n) is 5.33. The molecule has 26 heavy (non-hydrogen) atoms. The minimum Gasteiger partial charge on any atom is -0.323 e. The summed E-state index contributed by atoms with van der Waals surface area (Å²) in [5.74, 6) is 0. The second-order valence-corrected chi connectivity index (χ2v) is 13.4. The first kappa shape index (κ1) is 17.4. The fraction of sp³-hybridized carbons (Fsp3) is 0.333. The van der Waals surface area contributed by atoms with Crippen molar-refractivity contribution in [2.75, 3.05) is 0 Å². The van der Waals surface area contributed by atoms with E-state index in [9.17, 15) is 0 Å². The number of benzene rings is 1. The second-order valence-electron chi connectivity index (χ2n) is 8.58. The Morgan fingerprint density at radius 1 is 0.846 bits per heavy atom. The third kappa shape index (κ3) is 2.35. The molecule has 0 aliphatic heterocycles. The van der Waals surface area contributed by atoms with Gasteiger partial charge in [-0.25, -0.2) is 0 Å². The lowest BCUT2D eigenvalue weighted by Gasteiger charge is -2.38. The van der Waals surface area contributed by atoms with Crippen LogP contribution in [0.5, 0.6) is 0 Å². The van der Waals surface area contributed by atoms with Crippen molar-refractivity contribution < 1.29 is 0 Å². The van der Waals surface area contributed by atoms with E-state index in [0.717, 1.165) is 0 Å². The van der Waals surface area contributed by atoms with Gasteiger partial charge in [0.2, 0.25) is 0 Å². The van der Waals surface area contributed by atoms with Crippen molar-refractivity contribution in [2.24, 2.45) is 0 Å². The zero-order valence-corrected chi connectivity index (χ0v) is 17.8. The van der Waals surface area contributed by atoms with Gasteiger partial charge in [-0.3, -0.25) is 0 Å². The van der Waals surface area contributed by atoms with Crippen molar-refractivity contribution in [3.8, 4) is 5.69 Å². The molecule has 0 amide bonds. The Kier molecular flexibility index (Phi) is 4.00. The Hall–Kier alpha value is -2.06. The highest BCUT2D eigenvalue weighted by Crippen LogP contribution is 2.53. The van der Waals surface area contributed by atoms with Gasteiger partial charge in [0.25, 0.3) is 0 Å². The van der Waals surface area contributed by atoms with Gasteiger partial charge in [0.15, 0.2) is 0 Å². The van der Waals surface area contributed by atoms with Crippen LogP contribution < -0.4 is 0 Å². The maximum absolute atomic E-state index is 2.59. The molecule has 2 aliphatic carbocycles. The highest BCUT2D eigenvalue weighted by Gasteiger charge is 2.45. The van der Waals surface area contributed by atoms with Crippen LogP contribution in [-0.2, 0) is 0 Å². The molecule has 1 unspecified atom stereocenters. The Labute approximate surface area is 158 Å². The molecule has 2 heteroatoms. The first-order chi connectivity index (χ1) is 12.3. The molecule has 2 aliphatic rings. The predicted octanol–water partition coefficient (Wildman–Crippen LogP) is 6.89. The zero-order valence-electron chi connectivity index (χ0n) is 16.8. The van der Waals surface area contributed by atoms with Crippen LogP contribution in [0.15, 0.2) is 71.1 Å². The van der Waals surface area contributed by atoms with Crippen LogP contribution in [0.25, 0.3) is 11.8 Å². The van der Waals surface area contributed by atoms with Crippen LogP contribution in [0.3, 0.4) is 0 Å². The van der Waals surface area contributed by atoms with Gasteiger partial charge >= 0.3 is 0 Å². The summed E-state index contributed by atoms with van der Waals surface area (Å²) in [6.45, 7) is 14.5. The maximum atomic E-state index is 2.59. The number of fused-ring (bicyclic) bond motifs is 1. The van der Waals surface area contributed by atoms with E-state index in [1.165, 1.54) is 28.0 Å². The van der Waals surface area contributed by atoms with Gasteiger partial charge in [0.1, 0.15) is 0 Å². The molecule has 1 aromatic carbocycles. The van der Waals surface area contributed by atoms with E-state index in [1.54, 1.807) is 11.1 Å². The molecule has 0 bridgehead atoms. The normalized spacial score (nSPS) is 20.5. The summed E-state index contributed by atoms with van der Waals surface area (Å²) < 4.78 is 2.24. The van der Waals surface area contributed by atoms with Crippen molar-refractivity contribution in [2.45, 2.75) is 51.9 Å². The second kappa shape index (κ2) is 5.99. The molecule has 0 fully saturated rings. The number of aromatic nitrogens is 1. The fourth-order valence-corrected chi connectivity index (χ4v) is 10.0. The summed E-state index contributed by atoms with van der Waals surface area (Å²) in [6, 6.07) is 11.0. The van der Waals surface area contributed by atoms with E-state index in [2.05, 4.69) is 100 Å². The van der Waals surface area contributed by atoms with Gasteiger partial charge in [-0.15, -0.1) is 0 Å². The first-order valence-corrected chi connectivity index (χ1v) is 12.8. The molecule has 134 valence electrons. The molecular formula is C24H29NSi. The molecule has 1 atom stereocenters. The lowest BCUT2D eigenvalue weighted by atomic mass is 10.1. The minimum atomic E-state index is -1.62. The molecule has 1 nitrogen and oxygen atoms in total. The van der Waals surface area contributed by atoms with E-state index in [4.69, 9.17) is 0 Å². The highest BCUT2D eigenvalue weighted by molar-refractivity contribution is 6.82. The van der Waals surface area contributed by atoms with Crippen LogP contribution >= 0.6 is 0 Å². The Balaban J connectivity index is 1.79. The number of nitrogens with zero attached hydrogens (tertiary/aromatic N) is 1. The number of allylic oxidation sites excluding steroid dienone is 5. The summed E-state index contributed by atoms with van der Waals surface area (Å²) in [5.41, 5.74) is 11.7. The van der Waals surface area contributed by atoms with Crippen LogP contribution in [0, 0.1) is 0 Å². The van der Waals surface area contributed by atoms with Crippen molar-refractivity contribution >= 4 is 14.1 Å². The standard InChI is InChI=1S/C24H29NSi/c1-16-17(2)19(4)24(18(16)3)26(5,6)23-13-12-20-21(23)10-9-11-22(20)25-14-7-8-15-25/h7-15,23-24H,1-6H3. The largest absolute Gasteiger partial charge is 0.323 e. The van der Waals surface area contributed by atoms with Crippen LogP contribution in [0.4, 0.5) is 0 Å². The number of rotatable bonds is 3. The van der Waals surface area contributed by atoms with Gasteiger partial charge in [0.05, 0.1) is 13.8 Å². The Morgan fingerprint density at radius 2 is 1.46 bits per heavy atom. The van der Waals surface area contributed by atoms with Gasteiger partial charge in [0, 0.05) is 18.0 Å². The van der Waals surface area contributed by atoms with Gasteiger partial charge in [-0.05, 0) is 73.7 Å². The highest BCUT2D eigenvalue weighted by atomic mass is 28.3. The average molecular weight is 360 g/mol. The molecular weight excluding hydrogens is 330 g/mol. The van der Waals surface area contributed by atoms with E-state index in [1.807, 2.05) is 0 Å². The summed E-state index contributed by atoms with van der Waals surface area (Å²) in [7, 11) is -1.62. The number of hydrogen-bond donors (Lipinski definition) is 0. The third-order valence-electron chi connectivity index (χ3n) is 6.95. The Morgan fingerprint density at radius 3 is 2.08 bits per heavy atom. The minimum absolute atomic E-state index is 0.571. The SMILES string of the molecule is CC1=C(C)C([Si](C)(C)C2C=Cc3c2cccc3-n2cccc2)C(C)=C1C. The van der Waals surface area contributed by atoms with Crippen molar-refractivity contribution in [3.05, 3.63) is 82.2 Å². The monoisotopic (exact) mass is 359 g/mol. The predicted molar refractivity (Wildman–Crippen MR) is 116 cm³/mol. The summed E-state index contributed by atoms with van der Waals surface area (Å²) >= 11 is 0. The molecule has 0 radical (unpaired) electrons. The number of hydrogen-bond acceptors (Lipinski definition) is 0. The van der Waals surface area contributed by atoms with E-state index in [-0.39, 0.29) is 0 Å². The van der Waals surface area contributed by atoms with Crippen LogP contribution in [0.2, 0.25) is 18.6 Å². The van der Waals surface area contributed by atoms with E-state index >= 15 is 0 Å². The third-order valence-corrected chi connectivity index (χ3v) is 11.4. The van der Waals surface area contributed by atoms with Crippen LogP contribution in [-0.4, -0.2) is 12.6 Å². The lowest BCUT2D eigenvalue weighted by molar-refractivity contribution is 0.997. The van der Waals surface area contributed by atoms with Crippen molar-refractivity contribution in [1.82, 2.24) is 4.57 Å². The van der Waals surface area contributed by atoms with Gasteiger partial charge < -0.3 is 4.57 Å². The Bertz CT molecular complexity index is 930. The van der Waals surface area contributed by atoms with Crippen molar-refractivity contribution in [1.29, 1.82) is 0 Å². The summed E-state index contributed by atoms with van der Waals surface area (Å²) in [4.78, 5) is 0. The molecule has 0 saturated carbocycles. The summed E-state index contributed by atoms with van der Waals surface area (Å²) in [5, 5.41) is 0. The molecule has 2 aromatic rings. The molecule has 4 rings (SSSR count). The zero-order chi connectivity index (χ0) is 18.6. The molecule has 0 N–H and O–H groups in total. The van der Waals surface area contributed by atoms with E-state index < -0.39 is 8.07 Å². The quantitative estimate of drug-likeness (QED) is 0.526. The van der Waals surface area contributed by atoms with E-state index in [0.29, 0.717) is 11.1 Å². The van der Waals surface area contributed by atoms with Gasteiger partial charge in [-0.2, -0.15) is 0 Å². The molecule has 0 saturated heterocycles. The lowest BCUT2D eigenvalue weighted by Crippen LogP contribution is -2.39. The molecule has 1 heterocycles. The molecule has 1 aromatic heterocycles. The van der Waals surface area contributed by atoms with Gasteiger partial charge in [-0.1, -0.05) is 48.5 Å². The summed E-state index contributed by atoms with van der Waals surface area (Å²) in [6.07, 6.45) is 9.15. The average Bonchev–Trinajstić information content (AvgIpc) is 3.32. The smallest absolute Gasteiger partial charge is 0.0714 e. The molecule has 0 spiro atoms. The van der Waals surface area contributed by atoms with Crippen molar-refractivity contribution in [3.63, 3.8) is 0 Å².